The highest BCUT2D eigenvalue weighted by Gasteiger charge is 2.32. The second kappa shape index (κ2) is 8.41. The number of hydrogen-bond donors (Lipinski definition) is 0. The summed E-state index contributed by atoms with van der Waals surface area (Å²) in [4.78, 5) is 28.7. The van der Waals surface area contributed by atoms with Crippen molar-refractivity contribution in [3.05, 3.63) is 41.3 Å². The Hall–Kier alpha value is -3.16. The zero-order valence-corrected chi connectivity index (χ0v) is 19.0. The number of benzene rings is 1. The molecule has 0 radical (unpaired) electrons. The van der Waals surface area contributed by atoms with Crippen LogP contribution in [0, 0.1) is 26.7 Å². The van der Waals surface area contributed by atoms with Crippen molar-refractivity contribution >= 4 is 28.5 Å². The van der Waals surface area contributed by atoms with Gasteiger partial charge in [0, 0.05) is 45.0 Å². The molecular formula is C24H30N6O2. The number of aryl methyl sites for hydroxylation is 2. The molecule has 1 amide bonds. The lowest BCUT2D eigenvalue weighted by Gasteiger charge is -2.40. The van der Waals surface area contributed by atoms with E-state index in [2.05, 4.69) is 61.9 Å². The number of fused-ring (bicyclic) bond motifs is 1. The summed E-state index contributed by atoms with van der Waals surface area (Å²) < 4.78 is 5.30. The van der Waals surface area contributed by atoms with Crippen molar-refractivity contribution in [3.8, 4) is 0 Å². The standard InChI is InChI=1S/C24H30N6O2/c1-16-6-4-8-20(17(16)2)28-10-12-29(13-11-28)24(31)19-7-5-9-30(14-19)22-21-18(3)27-32-23(21)26-15-25-22/h4,6,8,15,19H,5,7,9-14H2,1-3H3/t19-/m1/s1. The normalized spacial score (nSPS) is 19.6. The SMILES string of the molecule is Cc1cccc(N2CCN(C(=O)[C@@H]3CCCN(c4ncnc5onc(C)c45)C3)CC2)c1C. The minimum Gasteiger partial charge on any atom is -0.368 e. The third-order valence-corrected chi connectivity index (χ3v) is 7.00. The number of anilines is 2. The number of rotatable bonds is 3. The number of nitrogens with zero attached hydrogens (tertiary/aromatic N) is 6. The fraction of sp³-hybridized carbons (Fsp3) is 0.500. The highest BCUT2D eigenvalue weighted by atomic mass is 16.5. The van der Waals surface area contributed by atoms with Crippen LogP contribution >= 0.6 is 0 Å². The van der Waals surface area contributed by atoms with Crippen LogP contribution in [-0.2, 0) is 4.79 Å². The highest BCUT2D eigenvalue weighted by molar-refractivity contribution is 5.88. The lowest BCUT2D eigenvalue weighted by Crippen LogP contribution is -2.52. The van der Waals surface area contributed by atoms with Crippen molar-refractivity contribution in [1.82, 2.24) is 20.0 Å². The summed E-state index contributed by atoms with van der Waals surface area (Å²) in [5.41, 5.74) is 5.22. The van der Waals surface area contributed by atoms with Gasteiger partial charge in [0.1, 0.15) is 17.5 Å². The zero-order valence-electron chi connectivity index (χ0n) is 19.0. The van der Waals surface area contributed by atoms with Gasteiger partial charge in [-0.3, -0.25) is 4.79 Å². The van der Waals surface area contributed by atoms with Crippen LogP contribution in [0.4, 0.5) is 11.5 Å². The van der Waals surface area contributed by atoms with Gasteiger partial charge < -0.3 is 19.2 Å². The van der Waals surface area contributed by atoms with E-state index in [1.807, 2.05) is 6.92 Å². The molecule has 168 valence electrons. The van der Waals surface area contributed by atoms with Gasteiger partial charge in [0.15, 0.2) is 0 Å². The van der Waals surface area contributed by atoms with Gasteiger partial charge in [-0.15, -0.1) is 0 Å². The first-order valence-corrected chi connectivity index (χ1v) is 11.4. The van der Waals surface area contributed by atoms with Gasteiger partial charge in [-0.25, -0.2) is 4.98 Å². The zero-order chi connectivity index (χ0) is 22.2. The van der Waals surface area contributed by atoms with Gasteiger partial charge >= 0.3 is 0 Å². The molecule has 1 atom stereocenters. The molecule has 2 aromatic heterocycles. The third kappa shape index (κ3) is 3.67. The van der Waals surface area contributed by atoms with E-state index in [0.717, 1.165) is 62.5 Å². The van der Waals surface area contributed by atoms with E-state index in [0.29, 0.717) is 12.3 Å². The summed E-state index contributed by atoms with van der Waals surface area (Å²) in [6.07, 6.45) is 3.40. The molecule has 0 saturated carbocycles. The van der Waals surface area contributed by atoms with Crippen molar-refractivity contribution < 1.29 is 9.32 Å². The van der Waals surface area contributed by atoms with E-state index in [1.54, 1.807) is 0 Å². The maximum absolute atomic E-state index is 13.4. The fourth-order valence-electron chi connectivity index (χ4n) is 5.02. The van der Waals surface area contributed by atoms with Crippen LogP contribution in [0.15, 0.2) is 29.0 Å². The molecule has 4 heterocycles. The van der Waals surface area contributed by atoms with Crippen LogP contribution in [-0.4, -0.2) is 65.2 Å². The average Bonchev–Trinajstić information content (AvgIpc) is 3.22. The Balaban J connectivity index is 1.26. The summed E-state index contributed by atoms with van der Waals surface area (Å²) in [5, 5.41) is 4.89. The van der Waals surface area contributed by atoms with Crippen LogP contribution in [0.1, 0.15) is 29.7 Å². The molecular weight excluding hydrogens is 404 g/mol. The molecule has 2 saturated heterocycles. The lowest BCUT2D eigenvalue weighted by atomic mass is 9.96. The molecule has 8 heteroatoms. The summed E-state index contributed by atoms with van der Waals surface area (Å²) in [5.74, 6) is 1.08. The van der Waals surface area contributed by atoms with E-state index < -0.39 is 0 Å². The van der Waals surface area contributed by atoms with Crippen molar-refractivity contribution in [2.45, 2.75) is 33.6 Å². The topological polar surface area (TPSA) is 78.6 Å². The monoisotopic (exact) mass is 434 g/mol. The van der Waals surface area contributed by atoms with Crippen molar-refractivity contribution in [1.29, 1.82) is 0 Å². The molecule has 0 spiro atoms. The van der Waals surface area contributed by atoms with Crippen molar-refractivity contribution in [2.75, 3.05) is 49.1 Å². The minimum atomic E-state index is -0.0128. The summed E-state index contributed by atoms with van der Waals surface area (Å²) in [6.45, 7) is 11.1. The largest absolute Gasteiger partial charge is 0.368 e. The van der Waals surface area contributed by atoms with Gasteiger partial charge in [0.2, 0.25) is 5.91 Å². The van der Waals surface area contributed by atoms with E-state index in [9.17, 15) is 4.79 Å². The molecule has 2 aliphatic rings. The van der Waals surface area contributed by atoms with E-state index in [4.69, 9.17) is 4.52 Å². The third-order valence-electron chi connectivity index (χ3n) is 7.00. The van der Waals surface area contributed by atoms with Gasteiger partial charge in [0.05, 0.1) is 11.6 Å². The Kier molecular flexibility index (Phi) is 5.45. The van der Waals surface area contributed by atoms with Crippen LogP contribution in [0.3, 0.4) is 0 Å². The molecule has 32 heavy (non-hydrogen) atoms. The van der Waals surface area contributed by atoms with Crippen molar-refractivity contribution in [3.63, 3.8) is 0 Å². The number of amides is 1. The average molecular weight is 435 g/mol. The molecule has 5 rings (SSSR count). The van der Waals surface area contributed by atoms with Crippen LogP contribution < -0.4 is 9.80 Å². The second-order valence-corrected chi connectivity index (χ2v) is 8.96. The molecule has 0 unspecified atom stereocenters. The molecule has 2 aliphatic heterocycles. The first-order valence-electron chi connectivity index (χ1n) is 11.4. The first kappa shape index (κ1) is 20.7. The smallest absolute Gasteiger partial charge is 0.263 e. The Morgan fingerprint density at radius 1 is 1.03 bits per heavy atom. The van der Waals surface area contributed by atoms with E-state index in [-0.39, 0.29) is 11.8 Å². The Morgan fingerprint density at radius 2 is 1.84 bits per heavy atom. The van der Waals surface area contributed by atoms with Gasteiger partial charge in [-0.05, 0) is 50.8 Å². The van der Waals surface area contributed by atoms with E-state index >= 15 is 0 Å². The maximum Gasteiger partial charge on any atom is 0.263 e. The minimum absolute atomic E-state index is 0.0128. The second-order valence-electron chi connectivity index (χ2n) is 8.96. The first-order chi connectivity index (χ1) is 15.5. The quantitative estimate of drug-likeness (QED) is 0.627. The van der Waals surface area contributed by atoms with Crippen molar-refractivity contribution in [2.24, 2.45) is 5.92 Å². The Bertz CT molecular complexity index is 1130. The molecule has 2 fully saturated rings. The fourth-order valence-corrected chi connectivity index (χ4v) is 5.02. The predicted octanol–water partition coefficient (Wildman–Crippen LogP) is 3.11. The van der Waals surface area contributed by atoms with Gasteiger partial charge in [-0.2, -0.15) is 4.98 Å². The molecule has 0 N–H and O–H groups in total. The van der Waals surface area contributed by atoms with Crippen LogP contribution in [0.25, 0.3) is 11.1 Å². The summed E-state index contributed by atoms with van der Waals surface area (Å²) in [6, 6.07) is 6.46. The summed E-state index contributed by atoms with van der Waals surface area (Å²) >= 11 is 0. The highest BCUT2D eigenvalue weighted by Crippen LogP contribution is 2.30. The van der Waals surface area contributed by atoms with Crippen LogP contribution in [0.2, 0.25) is 0 Å². The molecule has 0 aliphatic carbocycles. The predicted molar refractivity (Wildman–Crippen MR) is 124 cm³/mol. The number of aromatic nitrogens is 3. The number of piperazine rings is 1. The molecule has 3 aromatic rings. The summed E-state index contributed by atoms with van der Waals surface area (Å²) in [7, 11) is 0. The molecule has 0 bridgehead atoms. The Labute approximate surface area is 188 Å². The number of piperidine rings is 1. The van der Waals surface area contributed by atoms with Crippen LogP contribution in [0.5, 0.6) is 0 Å². The molecule has 8 nitrogen and oxygen atoms in total. The lowest BCUT2D eigenvalue weighted by molar-refractivity contribution is -0.136. The Morgan fingerprint density at radius 3 is 2.66 bits per heavy atom. The van der Waals surface area contributed by atoms with E-state index in [1.165, 1.54) is 23.1 Å². The number of carbonyl (C=O) groups excluding carboxylic acids is 1. The number of hydrogen-bond acceptors (Lipinski definition) is 7. The van der Waals surface area contributed by atoms with Gasteiger partial charge in [-0.1, -0.05) is 17.3 Å². The maximum atomic E-state index is 13.4. The van der Waals surface area contributed by atoms with Gasteiger partial charge in [0.25, 0.3) is 5.71 Å². The molecule has 1 aromatic carbocycles. The number of carbonyl (C=O) groups is 1.